The molecule has 0 spiro atoms. The number of nitrogen functional groups attached to an aromatic ring is 1. The number of hydrogen-bond acceptors (Lipinski definition) is 4. The molecule has 0 amide bonds. The lowest BCUT2D eigenvalue weighted by molar-refractivity contribution is 0.0698. The van der Waals surface area contributed by atoms with Crippen molar-refractivity contribution in [3.63, 3.8) is 0 Å². The predicted octanol–water partition coefficient (Wildman–Crippen LogP) is 4.14. The largest absolute Gasteiger partial charge is 0.495 e. The van der Waals surface area contributed by atoms with Crippen molar-refractivity contribution in [1.82, 2.24) is 0 Å². The summed E-state index contributed by atoms with van der Waals surface area (Å²) in [6, 6.07) is 8.16. The second-order valence-corrected chi connectivity index (χ2v) is 5.52. The molecule has 0 saturated heterocycles. The van der Waals surface area contributed by atoms with Crippen LogP contribution in [0.15, 0.2) is 34.8 Å². The van der Waals surface area contributed by atoms with Gasteiger partial charge in [0.05, 0.1) is 29.1 Å². The quantitative estimate of drug-likeness (QED) is 0.704. The molecule has 2 aromatic rings. The number of nitrogens with two attached hydrogens (primary N) is 1. The van der Waals surface area contributed by atoms with Crippen molar-refractivity contribution in [1.29, 1.82) is 0 Å². The van der Waals surface area contributed by atoms with E-state index in [1.165, 1.54) is 19.2 Å². The highest BCUT2D eigenvalue weighted by molar-refractivity contribution is 9.10. The van der Waals surface area contributed by atoms with Gasteiger partial charge < -0.3 is 20.9 Å². The Balaban J connectivity index is 2.54. The second kappa shape index (κ2) is 6.24. The normalized spacial score (nSPS) is 10.2. The number of carboxylic acids is 1. The van der Waals surface area contributed by atoms with E-state index >= 15 is 0 Å². The third kappa shape index (κ3) is 3.40. The van der Waals surface area contributed by atoms with Gasteiger partial charge in [0.25, 0.3) is 0 Å². The zero-order chi connectivity index (χ0) is 15.6. The number of hydrogen-bond donors (Lipinski definition) is 3. The molecule has 0 aliphatic heterocycles. The lowest BCUT2D eigenvalue weighted by Crippen LogP contribution is -2.05. The zero-order valence-corrected chi connectivity index (χ0v) is 13.3. The highest BCUT2D eigenvalue weighted by Crippen LogP contribution is 2.36. The average Bonchev–Trinajstić information content (AvgIpc) is 2.41. The SMILES string of the molecule is COc1ccc(Br)cc1Nc1c(Cl)cc(N)cc1C(=O)O. The minimum absolute atomic E-state index is 0.0120. The van der Waals surface area contributed by atoms with Crippen molar-refractivity contribution in [3.8, 4) is 5.75 Å². The molecule has 0 heterocycles. The van der Waals surface area contributed by atoms with Crippen LogP contribution in [0.1, 0.15) is 10.4 Å². The van der Waals surface area contributed by atoms with Crippen LogP contribution in [0.25, 0.3) is 0 Å². The van der Waals surface area contributed by atoms with Crippen molar-refractivity contribution in [3.05, 3.63) is 45.4 Å². The van der Waals surface area contributed by atoms with Gasteiger partial charge in [0.15, 0.2) is 0 Å². The molecular formula is C14H12BrClN2O3. The van der Waals surface area contributed by atoms with Gasteiger partial charge in [-0.05, 0) is 30.3 Å². The Morgan fingerprint density at radius 2 is 2.10 bits per heavy atom. The number of nitrogens with one attached hydrogen (secondary N) is 1. The van der Waals surface area contributed by atoms with E-state index in [1.54, 1.807) is 12.1 Å². The molecule has 0 radical (unpaired) electrons. The first-order chi connectivity index (χ1) is 9.92. The maximum atomic E-state index is 11.3. The molecule has 0 aliphatic rings. The highest BCUT2D eigenvalue weighted by atomic mass is 79.9. The fraction of sp³-hybridized carbons (Fsp3) is 0.0714. The summed E-state index contributed by atoms with van der Waals surface area (Å²) >= 11 is 9.46. The van der Waals surface area contributed by atoms with Crippen LogP contribution in [0.2, 0.25) is 5.02 Å². The Kier molecular flexibility index (Phi) is 4.59. The van der Waals surface area contributed by atoms with Gasteiger partial charge in [-0.2, -0.15) is 0 Å². The number of benzene rings is 2. The van der Waals surface area contributed by atoms with E-state index < -0.39 is 5.97 Å². The Morgan fingerprint density at radius 3 is 2.71 bits per heavy atom. The van der Waals surface area contributed by atoms with Crippen LogP contribution in [0.4, 0.5) is 17.1 Å². The monoisotopic (exact) mass is 370 g/mol. The van der Waals surface area contributed by atoms with E-state index in [2.05, 4.69) is 21.2 Å². The molecule has 4 N–H and O–H groups in total. The maximum absolute atomic E-state index is 11.3. The molecule has 2 rings (SSSR count). The summed E-state index contributed by atoms with van der Waals surface area (Å²) in [6.45, 7) is 0. The van der Waals surface area contributed by atoms with Crippen LogP contribution in [0.5, 0.6) is 5.75 Å². The van der Waals surface area contributed by atoms with E-state index in [9.17, 15) is 9.90 Å². The molecular weight excluding hydrogens is 360 g/mol. The molecule has 0 fully saturated rings. The van der Waals surface area contributed by atoms with E-state index in [-0.39, 0.29) is 22.0 Å². The molecule has 0 bridgehead atoms. The summed E-state index contributed by atoms with van der Waals surface area (Å²) in [6.07, 6.45) is 0. The van der Waals surface area contributed by atoms with Crippen LogP contribution in [0, 0.1) is 0 Å². The molecule has 0 aromatic heterocycles. The number of carboxylic acid groups (broad SMARTS) is 1. The van der Waals surface area contributed by atoms with E-state index in [0.29, 0.717) is 11.4 Å². The Bertz CT molecular complexity index is 707. The first-order valence-electron chi connectivity index (χ1n) is 5.85. The van der Waals surface area contributed by atoms with Crippen LogP contribution >= 0.6 is 27.5 Å². The van der Waals surface area contributed by atoms with Gasteiger partial charge in [-0.1, -0.05) is 27.5 Å². The number of carbonyl (C=O) groups is 1. The lowest BCUT2D eigenvalue weighted by Gasteiger charge is -2.15. The Morgan fingerprint density at radius 1 is 1.38 bits per heavy atom. The van der Waals surface area contributed by atoms with Gasteiger partial charge in [-0.15, -0.1) is 0 Å². The number of halogens is 2. The molecule has 7 heteroatoms. The van der Waals surface area contributed by atoms with Gasteiger partial charge >= 0.3 is 5.97 Å². The Labute approximate surface area is 134 Å². The molecule has 5 nitrogen and oxygen atoms in total. The van der Waals surface area contributed by atoms with Crippen LogP contribution in [-0.4, -0.2) is 18.2 Å². The molecule has 0 atom stereocenters. The van der Waals surface area contributed by atoms with Crippen molar-refractivity contribution in [2.75, 3.05) is 18.2 Å². The number of anilines is 3. The summed E-state index contributed by atoms with van der Waals surface area (Å²) in [7, 11) is 1.52. The smallest absolute Gasteiger partial charge is 0.337 e. The van der Waals surface area contributed by atoms with Crippen LogP contribution in [0.3, 0.4) is 0 Å². The molecule has 0 aliphatic carbocycles. The minimum atomic E-state index is -1.12. The maximum Gasteiger partial charge on any atom is 0.337 e. The summed E-state index contributed by atoms with van der Waals surface area (Å²) in [4.78, 5) is 11.3. The topological polar surface area (TPSA) is 84.6 Å². The highest BCUT2D eigenvalue weighted by Gasteiger charge is 2.16. The van der Waals surface area contributed by atoms with Gasteiger partial charge in [-0.3, -0.25) is 0 Å². The third-order valence-electron chi connectivity index (χ3n) is 2.76. The van der Waals surface area contributed by atoms with Gasteiger partial charge in [0.2, 0.25) is 0 Å². The van der Waals surface area contributed by atoms with Crippen molar-refractivity contribution in [2.45, 2.75) is 0 Å². The zero-order valence-electron chi connectivity index (χ0n) is 11.0. The van der Waals surface area contributed by atoms with Gasteiger partial charge in [0, 0.05) is 10.2 Å². The van der Waals surface area contributed by atoms with Crippen molar-refractivity contribution < 1.29 is 14.6 Å². The van der Waals surface area contributed by atoms with Gasteiger partial charge in [-0.25, -0.2) is 4.79 Å². The molecule has 0 saturated carbocycles. The van der Waals surface area contributed by atoms with E-state index in [1.807, 2.05) is 6.07 Å². The fourth-order valence-corrected chi connectivity index (χ4v) is 2.47. The van der Waals surface area contributed by atoms with Gasteiger partial charge in [0.1, 0.15) is 5.75 Å². The first kappa shape index (κ1) is 15.5. The summed E-state index contributed by atoms with van der Waals surface area (Å²) in [5, 5.41) is 12.5. The fourth-order valence-electron chi connectivity index (χ4n) is 1.84. The molecule has 21 heavy (non-hydrogen) atoms. The summed E-state index contributed by atoms with van der Waals surface area (Å²) in [5.41, 5.74) is 6.74. The van der Waals surface area contributed by atoms with Crippen LogP contribution in [-0.2, 0) is 0 Å². The molecule has 0 unspecified atom stereocenters. The van der Waals surface area contributed by atoms with E-state index in [4.69, 9.17) is 22.1 Å². The predicted molar refractivity (Wildman–Crippen MR) is 86.8 cm³/mol. The molecule has 110 valence electrons. The number of rotatable bonds is 4. The molecule has 2 aromatic carbocycles. The number of methoxy groups -OCH3 is 1. The number of aromatic carboxylic acids is 1. The van der Waals surface area contributed by atoms with E-state index in [0.717, 1.165) is 4.47 Å². The van der Waals surface area contributed by atoms with Crippen molar-refractivity contribution in [2.24, 2.45) is 0 Å². The Hall–Kier alpha value is -1.92. The van der Waals surface area contributed by atoms with Crippen LogP contribution < -0.4 is 15.8 Å². The summed E-state index contributed by atoms with van der Waals surface area (Å²) in [5.74, 6) is -0.567. The first-order valence-corrected chi connectivity index (χ1v) is 7.02. The average molecular weight is 372 g/mol. The third-order valence-corrected chi connectivity index (χ3v) is 3.56. The van der Waals surface area contributed by atoms with Crippen molar-refractivity contribution >= 4 is 50.6 Å². The lowest BCUT2D eigenvalue weighted by atomic mass is 10.1. The number of ether oxygens (including phenoxy) is 1. The summed E-state index contributed by atoms with van der Waals surface area (Å²) < 4.78 is 6.05. The second-order valence-electron chi connectivity index (χ2n) is 4.20. The standard InChI is InChI=1S/C14H12BrClN2O3/c1-21-12-3-2-7(15)4-11(12)18-13-9(14(19)20)5-8(17)6-10(13)16/h2-6,18H,17H2,1H3,(H,19,20). The minimum Gasteiger partial charge on any atom is -0.495 e.